The molecule has 4 unspecified atom stereocenters. The second-order valence-electron chi connectivity index (χ2n) is 5.52. The fourth-order valence-electron chi connectivity index (χ4n) is 3.65. The average molecular weight is 194 g/mol. The molecular weight excluding hydrogens is 172 g/mol. The van der Waals surface area contributed by atoms with Crippen LogP contribution in [0.1, 0.15) is 32.6 Å². The predicted octanol–water partition coefficient (Wildman–Crippen LogP) is 1.47. The van der Waals surface area contributed by atoms with E-state index in [2.05, 4.69) is 17.1 Å². The van der Waals surface area contributed by atoms with Gasteiger partial charge >= 0.3 is 0 Å². The lowest BCUT2D eigenvalue weighted by Crippen LogP contribution is -2.53. The number of likely N-dealkylation sites (tertiary alicyclic amines) is 1. The second-order valence-corrected chi connectivity index (χ2v) is 5.52. The van der Waals surface area contributed by atoms with Gasteiger partial charge in [-0.3, -0.25) is 4.90 Å². The van der Waals surface area contributed by atoms with E-state index in [1.54, 1.807) is 0 Å². The first kappa shape index (κ1) is 9.17. The van der Waals surface area contributed by atoms with Gasteiger partial charge in [-0.2, -0.15) is 0 Å². The lowest BCUT2D eigenvalue weighted by Gasteiger charge is -2.48. The number of nitrogens with zero attached hydrogens (tertiary/aromatic N) is 1. The molecule has 14 heavy (non-hydrogen) atoms. The molecule has 0 spiro atoms. The van der Waals surface area contributed by atoms with Crippen molar-refractivity contribution in [2.75, 3.05) is 19.6 Å². The highest BCUT2D eigenvalue weighted by Gasteiger charge is 2.39. The molecule has 3 rings (SSSR count). The summed E-state index contributed by atoms with van der Waals surface area (Å²) in [4.78, 5) is 2.74. The zero-order valence-corrected chi connectivity index (χ0v) is 9.21. The van der Waals surface area contributed by atoms with Crippen LogP contribution in [0.15, 0.2) is 0 Å². The first-order valence-electron chi connectivity index (χ1n) is 6.31. The third kappa shape index (κ3) is 1.40. The van der Waals surface area contributed by atoms with Gasteiger partial charge in [0.05, 0.1) is 0 Å². The molecule has 0 aromatic carbocycles. The number of hydrogen-bond acceptors (Lipinski definition) is 2. The average Bonchev–Trinajstić information content (AvgIpc) is 2.62. The number of hydrogen-bond donors (Lipinski definition) is 1. The summed E-state index contributed by atoms with van der Waals surface area (Å²) >= 11 is 0. The molecule has 2 aliphatic heterocycles. The Labute approximate surface area is 87.0 Å². The van der Waals surface area contributed by atoms with Crippen LogP contribution in [0, 0.1) is 11.8 Å². The zero-order chi connectivity index (χ0) is 9.54. The highest BCUT2D eigenvalue weighted by atomic mass is 15.2. The van der Waals surface area contributed by atoms with Crippen molar-refractivity contribution in [2.24, 2.45) is 11.8 Å². The molecule has 0 bridgehead atoms. The molecule has 0 amide bonds. The summed E-state index contributed by atoms with van der Waals surface area (Å²) in [7, 11) is 0. The molecule has 0 aromatic rings. The zero-order valence-electron chi connectivity index (χ0n) is 9.21. The van der Waals surface area contributed by atoms with Crippen molar-refractivity contribution < 1.29 is 0 Å². The molecule has 0 aromatic heterocycles. The van der Waals surface area contributed by atoms with E-state index < -0.39 is 0 Å². The highest BCUT2D eigenvalue weighted by molar-refractivity contribution is 4.94. The van der Waals surface area contributed by atoms with Gasteiger partial charge in [0.15, 0.2) is 0 Å². The van der Waals surface area contributed by atoms with Crippen LogP contribution in [0.3, 0.4) is 0 Å². The molecule has 0 radical (unpaired) electrons. The maximum atomic E-state index is 3.55. The Kier molecular flexibility index (Phi) is 2.29. The molecule has 2 heterocycles. The third-order valence-electron chi connectivity index (χ3n) is 4.77. The Bertz CT molecular complexity index is 216. The third-order valence-corrected chi connectivity index (χ3v) is 4.77. The molecule has 1 saturated carbocycles. The lowest BCUT2D eigenvalue weighted by atomic mass is 9.77. The molecule has 3 fully saturated rings. The van der Waals surface area contributed by atoms with Gasteiger partial charge < -0.3 is 5.32 Å². The van der Waals surface area contributed by atoms with Crippen LogP contribution in [0.25, 0.3) is 0 Å². The highest BCUT2D eigenvalue weighted by Crippen LogP contribution is 2.37. The van der Waals surface area contributed by atoms with Crippen molar-refractivity contribution in [2.45, 2.75) is 44.7 Å². The van der Waals surface area contributed by atoms with Gasteiger partial charge in [0.1, 0.15) is 0 Å². The standard InChI is InChI=1S/C12H22N2/c1-9-4-5-14(9)12-3-2-10-7-13-8-11(10)6-12/h9-13H,2-8H2,1H3. The Morgan fingerprint density at radius 2 is 1.93 bits per heavy atom. The van der Waals surface area contributed by atoms with Crippen LogP contribution in [0.4, 0.5) is 0 Å². The molecule has 2 saturated heterocycles. The molecule has 1 aliphatic carbocycles. The summed E-state index contributed by atoms with van der Waals surface area (Å²) in [5, 5.41) is 3.55. The monoisotopic (exact) mass is 194 g/mol. The topological polar surface area (TPSA) is 15.3 Å². The van der Waals surface area contributed by atoms with Crippen LogP contribution in [0.2, 0.25) is 0 Å². The van der Waals surface area contributed by atoms with E-state index >= 15 is 0 Å². The maximum absolute atomic E-state index is 3.55. The molecule has 2 heteroatoms. The maximum Gasteiger partial charge on any atom is 0.0101 e. The SMILES string of the molecule is CC1CCN1C1CCC2CNCC2C1. The van der Waals surface area contributed by atoms with E-state index in [0.717, 1.165) is 23.9 Å². The van der Waals surface area contributed by atoms with Crippen molar-refractivity contribution in [1.82, 2.24) is 10.2 Å². The fraction of sp³-hybridized carbons (Fsp3) is 1.00. The van der Waals surface area contributed by atoms with Crippen LogP contribution < -0.4 is 5.32 Å². The van der Waals surface area contributed by atoms with Crippen LogP contribution >= 0.6 is 0 Å². The van der Waals surface area contributed by atoms with Crippen LogP contribution in [-0.4, -0.2) is 36.6 Å². The van der Waals surface area contributed by atoms with Gasteiger partial charge in [-0.25, -0.2) is 0 Å². The van der Waals surface area contributed by atoms with Gasteiger partial charge in [-0.05, 0) is 57.5 Å². The quantitative estimate of drug-likeness (QED) is 0.680. The minimum Gasteiger partial charge on any atom is -0.316 e. The lowest BCUT2D eigenvalue weighted by molar-refractivity contribution is 0.0168. The van der Waals surface area contributed by atoms with E-state index in [1.807, 2.05) is 0 Å². The largest absolute Gasteiger partial charge is 0.316 e. The Morgan fingerprint density at radius 3 is 2.64 bits per heavy atom. The smallest absolute Gasteiger partial charge is 0.0101 e. The van der Waals surface area contributed by atoms with Gasteiger partial charge in [0.2, 0.25) is 0 Å². The van der Waals surface area contributed by atoms with Gasteiger partial charge in [0.25, 0.3) is 0 Å². The summed E-state index contributed by atoms with van der Waals surface area (Å²) in [6.45, 7) is 6.36. The Morgan fingerprint density at radius 1 is 1.07 bits per heavy atom. The van der Waals surface area contributed by atoms with E-state index in [1.165, 1.54) is 45.3 Å². The van der Waals surface area contributed by atoms with Crippen molar-refractivity contribution in [3.8, 4) is 0 Å². The number of fused-ring (bicyclic) bond motifs is 1. The normalized spacial score (nSPS) is 48.6. The first-order valence-corrected chi connectivity index (χ1v) is 6.31. The molecule has 3 aliphatic rings. The minimum atomic E-state index is 0.880. The van der Waals surface area contributed by atoms with Crippen molar-refractivity contribution in [1.29, 1.82) is 0 Å². The Hall–Kier alpha value is -0.0800. The second kappa shape index (κ2) is 3.49. The van der Waals surface area contributed by atoms with Crippen molar-refractivity contribution in [3.63, 3.8) is 0 Å². The molecule has 2 nitrogen and oxygen atoms in total. The molecule has 80 valence electrons. The van der Waals surface area contributed by atoms with E-state index in [9.17, 15) is 0 Å². The summed E-state index contributed by atoms with van der Waals surface area (Å²) in [6.07, 6.45) is 5.85. The van der Waals surface area contributed by atoms with Gasteiger partial charge in [-0.15, -0.1) is 0 Å². The number of rotatable bonds is 1. The predicted molar refractivity (Wildman–Crippen MR) is 58.3 cm³/mol. The molecule has 4 atom stereocenters. The molecule has 1 N–H and O–H groups in total. The first-order chi connectivity index (χ1) is 6.84. The summed E-state index contributed by atoms with van der Waals surface area (Å²) in [5.74, 6) is 2.02. The molecular formula is C12H22N2. The van der Waals surface area contributed by atoms with Crippen LogP contribution in [-0.2, 0) is 0 Å². The van der Waals surface area contributed by atoms with E-state index in [-0.39, 0.29) is 0 Å². The number of nitrogens with one attached hydrogen (secondary N) is 1. The van der Waals surface area contributed by atoms with Crippen LogP contribution in [0.5, 0.6) is 0 Å². The Balaban J connectivity index is 1.61. The van der Waals surface area contributed by atoms with E-state index in [4.69, 9.17) is 0 Å². The van der Waals surface area contributed by atoms with Crippen molar-refractivity contribution >= 4 is 0 Å². The fourth-order valence-corrected chi connectivity index (χ4v) is 3.65. The minimum absolute atomic E-state index is 0.880. The van der Waals surface area contributed by atoms with Crippen molar-refractivity contribution in [3.05, 3.63) is 0 Å². The summed E-state index contributed by atoms with van der Waals surface area (Å²) < 4.78 is 0. The van der Waals surface area contributed by atoms with Gasteiger partial charge in [0, 0.05) is 18.6 Å². The summed E-state index contributed by atoms with van der Waals surface area (Å²) in [6, 6.07) is 1.81. The van der Waals surface area contributed by atoms with E-state index in [0.29, 0.717) is 0 Å². The van der Waals surface area contributed by atoms with Gasteiger partial charge in [-0.1, -0.05) is 0 Å². The summed E-state index contributed by atoms with van der Waals surface area (Å²) in [5.41, 5.74) is 0.